The highest BCUT2D eigenvalue weighted by molar-refractivity contribution is 7.16. The number of benzene rings is 1. The lowest BCUT2D eigenvalue weighted by Crippen LogP contribution is -2.39. The summed E-state index contributed by atoms with van der Waals surface area (Å²) < 4.78 is 4.93. The lowest BCUT2D eigenvalue weighted by molar-refractivity contribution is -0.117. The number of likely N-dealkylation sites (tertiary alicyclic amines) is 1. The summed E-state index contributed by atoms with van der Waals surface area (Å²) in [5, 5.41) is 3.56. The summed E-state index contributed by atoms with van der Waals surface area (Å²) in [5.41, 5.74) is 2.85. The molecular formula is C23H30N2O3S. The van der Waals surface area contributed by atoms with Gasteiger partial charge in [0, 0.05) is 4.88 Å². The van der Waals surface area contributed by atoms with E-state index in [0.717, 1.165) is 49.2 Å². The Morgan fingerprint density at radius 3 is 2.52 bits per heavy atom. The summed E-state index contributed by atoms with van der Waals surface area (Å²) in [6.45, 7) is 6.20. The van der Waals surface area contributed by atoms with Crippen LogP contribution in [-0.2, 0) is 22.4 Å². The first-order chi connectivity index (χ1) is 14.0. The number of methoxy groups -OCH3 is 1. The van der Waals surface area contributed by atoms with Crippen molar-refractivity contribution in [1.82, 2.24) is 4.90 Å². The largest absolute Gasteiger partial charge is 0.465 e. The summed E-state index contributed by atoms with van der Waals surface area (Å²) >= 11 is 1.45. The van der Waals surface area contributed by atoms with E-state index in [9.17, 15) is 9.59 Å². The van der Waals surface area contributed by atoms with E-state index in [-0.39, 0.29) is 11.9 Å². The van der Waals surface area contributed by atoms with Crippen molar-refractivity contribution in [3.63, 3.8) is 0 Å². The van der Waals surface area contributed by atoms with Gasteiger partial charge in [0.05, 0.1) is 19.2 Å². The van der Waals surface area contributed by atoms with Crippen molar-refractivity contribution in [3.05, 3.63) is 51.9 Å². The van der Waals surface area contributed by atoms with E-state index in [1.807, 2.05) is 13.8 Å². The fraction of sp³-hybridized carbons (Fsp3) is 0.478. The van der Waals surface area contributed by atoms with E-state index >= 15 is 0 Å². The average molecular weight is 415 g/mol. The van der Waals surface area contributed by atoms with E-state index in [2.05, 4.69) is 40.5 Å². The minimum atomic E-state index is -0.386. The van der Waals surface area contributed by atoms with Crippen LogP contribution in [-0.4, -0.2) is 43.5 Å². The highest BCUT2D eigenvalue weighted by Crippen LogP contribution is 2.34. The number of esters is 1. The zero-order valence-corrected chi connectivity index (χ0v) is 18.3. The van der Waals surface area contributed by atoms with Crippen LogP contribution in [0.5, 0.6) is 0 Å². The Morgan fingerprint density at radius 2 is 1.90 bits per heavy atom. The van der Waals surface area contributed by atoms with Gasteiger partial charge in [-0.15, -0.1) is 11.3 Å². The van der Waals surface area contributed by atoms with Crippen LogP contribution in [0.2, 0.25) is 0 Å². The van der Waals surface area contributed by atoms with E-state index in [1.54, 1.807) is 0 Å². The molecule has 6 heteroatoms. The van der Waals surface area contributed by atoms with Gasteiger partial charge in [-0.1, -0.05) is 37.3 Å². The number of nitrogens with one attached hydrogen (secondary N) is 1. The van der Waals surface area contributed by atoms with Gasteiger partial charge in [-0.3, -0.25) is 9.69 Å². The molecule has 2 heterocycles. The molecule has 1 aliphatic rings. The molecule has 0 radical (unpaired) electrons. The molecule has 1 saturated heterocycles. The van der Waals surface area contributed by atoms with Gasteiger partial charge >= 0.3 is 5.97 Å². The van der Waals surface area contributed by atoms with Gasteiger partial charge in [-0.2, -0.15) is 0 Å². The topological polar surface area (TPSA) is 58.6 Å². The molecule has 156 valence electrons. The Balaban J connectivity index is 1.54. The lowest BCUT2D eigenvalue weighted by Gasteiger charge is -2.31. The predicted molar refractivity (Wildman–Crippen MR) is 118 cm³/mol. The molecule has 0 saturated carbocycles. The highest BCUT2D eigenvalue weighted by Gasteiger charge is 2.25. The molecule has 0 spiro atoms. The zero-order chi connectivity index (χ0) is 20.8. The third-order valence-corrected chi connectivity index (χ3v) is 6.71. The molecule has 1 aliphatic heterocycles. The minimum absolute atomic E-state index is 0.0689. The Bertz CT molecular complexity index is 839. The number of piperidine rings is 1. The van der Waals surface area contributed by atoms with Gasteiger partial charge < -0.3 is 10.1 Å². The van der Waals surface area contributed by atoms with Crippen molar-refractivity contribution in [2.75, 3.05) is 32.1 Å². The number of rotatable bonds is 7. The number of carbonyl (C=O) groups excluding carboxylic acids is 2. The van der Waals surface area contributed by atoms with Crippen LogP contribution in [0.1, 0.15) is 46.1 Å². The summed E-state index contributed by atoms with van der Waals surface area (Å²) in [6, 6.07) is 10.6. The smallest absolute Gasteiger partial charge is 0.341 e. The van der Waals surface area contributed by atoms with Crippen molar-refractivity contribution in [1.29, 1.82) is 0 Å². The molecule has 1 aromatic carbocycles. The number of anilines is 1. The fourth-order valence-electron chi connectivity index (χ4n) is 4.08. The second-order valence-corrected chi connectivity index (χ2v) is 8.87. The molecule has 2 aromatic rings. The van der Waals surface area contributed by atoms with Crippen LogP contribution in [0, 0.1) is 12.8 Å². The predicted octanol–water partition coefficient (Wildman–Crippen LogP) is 4.30. The maximum atomic E-state index is 12.6. The normalized spacial score (nSPS) is 15.3. The number of ether oxygens (including phenoxy) is 1. The molecule has 29 heavy (non-hydrogen) atoms. The van der Waals surface area contributed by atoms with Crippen LogP contribution in [0.4, 0.5) is 5.00 Å². The van der Waals surface area contributed by atoms with E-state index in [0.29, 0.717) is 23.0 Å². The molecule has 0 bridgehead atoms. The van der Waals surface area contributed by atoms with Crippen molar-refractivity contribution < 1.29 is 14.3 Å². The average Bonchev–Trinajstić information content (AvgIpc) is 3.04. The number of nitrogens with zero attached hydrogens (tertiary/aromatic N) is 1. The van der Waals surface area contributed by atoms with Gasteiger partial charge in [0.25, 0.3) is 0 Å². The minimum Gasteiger partial charge on any atom is -0.465 e. The van der Waals surface area contributed by atoms with Crippen LogP contribution in [0.25, 0.3) is 0 Å². The SMILES string of the molecule is CCc1c(C)sc(NC(=O)CN2CCC(Cc3ccccc3)CC2)c1C(=O)OC. The van der Waals surface area contributed by atoms with Crippen molar-refractivity contribution in [2.45, 2.75) is 39.5 Å². The van der Waals surface area contributed by atoms with Crippen molar-refractivity contribution in [2.24, 2.45) is 5.92 Å². The molecule has 1 N–H and O–H groups in total. The Morgan fingerprint density at radius 1 is 1.21 bits per heavy atom. The van der Waals surface area contributed by atoms with E-state index in [1.165, 1.54) is 24.0 Å². The standard InChI is InChI=1S/C23H30N2O3S/c1-4-19-16(2)29-22(21(19)23(27)28-3)24-20(26)15-25-12-10-18(11-13-25)14-17-8-6-5-7-9-17/h5-9,18H,4,10-15H2,1-3H3,(H,24,26). The fourth-order valence-corrected chi connectivity index (χ4v) is 5.23. The summed E-state index contributed by atoms with van der Waals surface area (Å²) in [4.78, 5) is 28.1. The highest BCUT2D eigenvalue weighted by atomic mass is 32.1. The molecule has 5 nitrogen and oxygen atoms in total. The Kier molecular flexibility index (Phi) is 7.45. The van der Waals surface area contributed by atoms with Gasteiger partial charge in [0.15, 0.2) is 0 Å². The lowest BCUT2D eigenvalue weighted by atomic mass is 9.90. The third kappa shape index (κ3) is 5.46. The molecule has 1 aromatic heterocycles. The number of hydrogen-bond acceptors (Lipinski definition) is 5. The molecule has 3 rings (SSSR count). The van der Waals surface area contributed by atoms with E-state index < -0.39 is 0 Å². The second-order valence-electron chi connectivity index (χ2n) is 7.64. The zero-order valence-electron chi connectivity index (χ0n) is 17.5. The van der Waals surface area contributed by atoms with Crippen LogP contribution >= 0.6 is 11.3 Å². The quantitative estimate of drug-likeness (QED) is 0.687. The molecule has 1 fully saturated rings. The van der Waals surface area contributed by atoms with Gasteiger partial charge in [-0.05, 0) is 62.7 Å². The van der Waals surface area contributed by atoms with Crippen LogP contribution in [0.15, 0.2) is 30.3 Å². The van der Waals surface area contributed by atoms with Gasteiger partial charge in [0.1, 0.15) is 5.00 Å². The summed E-state index contributed by atoms with van der Waals surface area (Å²) in [6.07, 6.45) is 4.05. The second kappa shape index (κ2) is 10.0. The first-order valence-corrected chi connectivity index (χ1v) is 11.1. The Hall–Kier alpha value is -2.18. The number of hydrogen-bond donors (Lipinski definition) is 1. The molecule has 1 amide bonds. The maximum Gasteiger partial charge on any atom is 0.341 e. The summed E-state index contributed by atoms with van der Waals surface area (Å²) in [7, 11) is 1.37. The van der Waals surface area contributed by atoms with Crippen molar-refractivity contribution in [3.8, 4) is 0 Å². The van der Waals surface area contributed by atoms with Gasteiger partial charge in [-0.25, -0.2) is 4.79 Å². The Labute approximate surface area is 177 Å². The molecular weight excluding hydrogens is 384 g/mol. The summed E-state index contributed by atoms with van der Waals surface area (Å²) in [5.74, 6) is 0.221. The number of thiophene rings is 1. The monoisotopic (exact) mass is 414 g/mol. The van der Waals surface area contributed by atoms with Crippen LogP contribution in [0.3, 0.4) is 0 Å². The third-order valence-electron chi connectivity index (χ3n) is 5.65. The molecule has 0 atom stereocenters. The van der Waals surface area contributed by atoms with E-state index in [4.69, 9.17) is 4.74 Å². The molecule has 0 unspecified atom stereocenters. The number of carbonyl (C=O) groups is 2. The number of aryl methyl sites for hydroxylation is 1. The van der Waals surface area contributed by atoms with Crippen LogP contribution < -0.4 is 5.32 Å². The van der Waals surface area contributed by atoms with Gasteiger partial charge in [0.2, 0.25) is 5.91 Å². The van der Waals surface area contributed by atoms with Crippen molar-refractivity contribution >= 4 is 28.2 Å². The first-order valence-electron chi connectivity index (χ1n) is 10.3. The maximum absolute atomic E-state index is 12.6. The number of amides is 1. The molecule has 0 aliphatic carbocycles. The first kappa shape index (κ1) is 21.5.